The Morgan fingerprint density at radius 2 is 1.90 bits per heavy atom. The smallest absolute Gasteiger partial charge is 0.338 e. The van der Waals surface area contributed by atoms with E-state index in [0.717, 1.165) is 12.1 Å². The second-order valence-corrected chi connectivity index (χ2v) is 6.45. The molecule has 0 amide bonds. The molecule has 0 radical (unpaired) electrons. The molecular weight excluding hydrogens is 338 g/mol. The van der Waals surface area contributed by atoms with Gasteiger partial charge in [-0.25, -0.2) is 9.18 Å². The van der Waals surface area contributed by atoms with Crippen molar-refractivity contribution in [3.8, 4) is 0 Å². The van der Waals surface area contributed by atoms with E-state index in [1.807, 2.05) is 0 Å². The quantitative estimate of drug-likeness (QED) is 0.904. The largest absolute Gasteiger partial charge is 0.478 e. The van der Waals surface area contributed by atoms with Gasteiger partial charge >= 0.3 is 5.97 Å². The number of aromatic carboxylic acids is 1. The second-order valence-electron chi connectivity index (χ2n) is 4.18. The molecule has 0 aliphatic rings. The van der Waals surface area contributed by atoms with Crippen molar-refractivity contribution in [2.24, 2.45) is 0 Å². The van der Waals surface area contributed by atoms with Crippen molar-refractivity contribution in [1.82, 2.24) is 0 Å². The average Bonchev–Trinajstić information content (AvgIpc) is 2.41. The van der Waals surface area contributed by atoms with Crippen LogP contribution in [0.25, 0.3) is 0 Å². The van der Waals surface area contributed by atoms with E-state index in [4.69, 9.17) is 28.3 Å². The maximum absolute atomic E-state index is 13.6. The Labute approximate surface area is 132 Å². The summed E-state index contributed by atoms with van der Waals surface area (Å²) in [6, 6.07) is 8.21. The molecule has 0 aromatic heterocycles. The van der Waals surface area contributed by atoms with Crippen LogP contribution in [-0.4, -0.2) is 15.3 Å². The van der Waals surface area contributed by atoms with Crippen LogP contribution in [0.5, 0.6) is 0 Å². The van der Waals surface area contributed by atoms with Crippen molar-refractivity contribution >= 4 is 40.0 Å². The summed E-state index contributed by atoms with van der Waals surface area (Å²) in [6.45, 7) is 0. The highest BCUT2D eigenvalue weighted by atomic mass is 35.5. The average molecular weight is 347 g/mol. The van der Waals surface area contributed by atoms with Crippen molar-refractivity contribution in [1.29, 1.82) is 0 Å². The molecule has 1 N–H and O–H groups in total. The molecule has 0 saturated heterocycles. The topological polar surface area (TPSA) is 54.4 Å². The molecule has 0 bridgehead atoms. The molecule has 0 spiro atoms. The molecule has 0 aliphatic heterocycles. The number of carboxylic acid groups (broad SMARTS) is 1. The zero-order valence-corrected chi connectivity index (χ0v) is 12.8. The SMILES string of the molecule is O=C(O)c1ccc(CS(=O)c2cc(Cl)ccc2Cl)cc1F. The number of hydrogen-bond acceptors (Lipinski definition) is 2. The number of carbonyl (C=O) groups is 1. The lowest BCUT2D eigenvalue weighted by atomic mass is 10.1. The van der Waals surface area contributed by atoms with Crippen LogP contribution in [0.3, 0.4) is 0 Å². The normalized spacial score (nSPS) is 12.1. The van der Waals surface area contributed by atoms with Gasteiger partial charge in [0.25, 0.3) is 0 Å². The summed E-state index contributed by atoms with van der Waals surface area (Å²) < 4.78 is 25.8. The first-order valence-electron chi connectivity index (χ1n) is 5.73. The molecule has 2 aromatic rings. The Morgan fingerprint density at radius 3 is 2.52 bits per heavy atom. The van der Waals surface area contributed by atoms with Crippen LogP contribution >= 0.6 is 23.2 Å². The van der Waals surface area contributed by atoms with Crippen LogP contribution < -0.4 is 0 Å². The van der Waals surface area contributed by atoms with Gasteiger partial charge in [-0.05, 0) is 35.9 Å². The van der Waals surface area contributed by atoms with Crippen molar-refractivity contribution in [3.05, 3.63) is 63.4 Å². The van der Waals surface area contributed by atoms with Gasteiger partial charge in [0.2, 0.25) is 0 Å². The molecule has 0 aliphatic carbocycles. The van der Waals surface area contributed by atoms with E-state index in [0.29, 0.717) is 20.5 Å². The van der Waals surface area contributed by atoms with E-state index < -0.39 is 28.1 Å². The maximum atomic E-state index is 13.6. The van der Waals surface area contributed by atoms with Gasteiger partial charge in [-0.2, -0.15) is 0 Å². The summed E-state index contributed by atoms with van der Waals surface area (Å²) >= 11 is 11.8. The van der Waals surface area contributed by atoms with Gasteiger partial charge in [0, 0.05) is 5.02 Å². The first-order valence-corrected chi connectivity index (χ1v) is 7.81. The van der Waals surface area contributed by atoms with Crippen molar-refractivity contribution in [2.45, 2.75) is 10.6 Å². The van der Waals surface area contributed by atoms with Gasteiger partial charge in [0.15, 0.2) is 0 Å². The molecule has 1 atom stereocenters. The molecule has 0 fully saturated rings. The third-order valence-corrected chi connectivity index (χ3v) is 4.80. The summed E-state index contributed by atoms with van der Waals surface area (Å²) in [5.41, 5.74) is -0.0165. The first-order chi connectivity index (χ1) is 9.88. The monoisotopic (exact) mass is 346 g/mol. The molecule has 7 heteroatoms. The minimum atomic E-state index is -1.51. The predicted molar refractivity (Wildman–Crippen MR) is 79.9 cm³/mol. The fraction of sp³-hybridized carbons (Fsp3) is 0.0714. The van der Waals surface area contributed by atoms with Gasteiger partial charge in [0.05, 0.1) is 32.0 Å². The molecule has 0 saturated carbocycles. The van der Waals surface area contributed by atoms with Crippen molar-refractivity contribution in [3.63, 3.8) is 0 Å². The van der Waals surface area contributed by atoms with Gasteiger partial charge < -0.3 is 5.11 Å². The zero-order chi connectivity index (χ0) is 15.6. The first kappa shape index (κ1) is 15.9. The standard InChI is InChI=1S/C14H9Cl2FO3S/c15-9-2-4-11(16)13(6-9)21(20)7-8-1-3-10(14(18)19)12(17)5-8/h1-6H,7H2,(H,18,19). The molecule has 0 heterocycles. The molecule has 2 rings (SSSR count). The van der Waals surface area contributed by atoms with Crippen LogP contribution in [0.1, 0.15) is 15.9 Å². The maximum Gasteiger partial charge on any atom is 0.338 e. The van der Waals surface area contributed by atoms with Gasteiger partial charge in [-0.1, -0.05) is 29.3 Å². The predicted octanol–water partition coefficient (Wildman–Crippen LogP) is 4.14. The van der Waals surface area contributed by atoms with Crippen molar-refractivity contribution in [2.75, 3.05) is 0 Å². The Hall–Kier alpha value is -1.43. The highest BCUT2D eigenvalue weighted by Crippen LogP contribution is 2.25. The van der Waals surface area contributed by atoms with Gasteiger partial charge in [-0.3, -0.25) is 4.21 Å². The lowest BCUT2D eigenvalue weighted by molar-refractivity contribution is 0.0692. The zero-order valence-electron chi connectivity index (χ0n) is 10.5. The minimum Gasteiger partial charge on any atom is -0.478 e. The Morgan fingerprint density at radius 1 is 1.19 bits per heavy atom. The fourth-order valence-corrected chi connectivity index (χ4v) is 3.50. The highest BCUT2D eigenvalue weighted by Gasteiger charge is 2.14. The van der Waals surface area contributed by atoms with E-state index in [-0.39, 0.29) is 5.75 Å². The second kappa shape index (κ2) is 6.56. The number of carboxylic acids is 1. The van der Waals surface area contributed by atoms with E-state index in [9.17, 15) is 13.4 Å². The van der Waals surface area contributed by atoms with Crippen molar-refractivity contribution < 1.29 is 18.5 Å². The number of halogens is 3. The molecule has 110 valence electrons. The summed E-state index contributed by atoms with van der Waals surface area (Å²) in [7, 11) is -1.51. The summed E-state index contributed by atoms with van der Waals surface area (Å²) in [4.78, 5) is 11.1. The summed E-state index contributed by atoms with van der Waals surface area (Å²) in [5.74, 6) is -2.20. The number of benzene rings is 2. The van der Waals surface area contributed by atoms with Crippen LogP contribution in [0.15, 0.2) is 41.3 Å². The van der Waals surface area contributed by atoms with E-state index >= 15 is 0 Å². The Balaban J connectivity index is 2.26. The van der Waals surface area contributed by atoms with Crippen LogP contribution in [-0.2, 0) is 16.6 Å². The third kappa shape index (κ3) is 3.81. The minimum absolute atomic E-state index is 0.0108. The number of hydrogen-bond donors (Lipinski definition) is 1. The molecule has 1 unspecified atom stereocenters. The molecule has 21 heavy (non-hydrogen) atoms. The van der Waals surface area contributed by atoms with Crippen LogP contribution in [0.2, 0.25) is 10.0 Å². The van der Waals surface area contributed by atoms with E-state index in [1.165, 1.54) is 18.2 Å². The molecule has 3 nitrogen and oxygen atoms in total. The van der Waals surface area contributed by atoms with Gasteiger partial charge in [-0.15, -0.1) is 0 Å². The Bertz CT molecular complexity index is 734. The van der Waals surface area contributed by atoms with Gasteiger partial charge in [0.1, 0.15) is 5.82 Å². The summed E-state index contributed by atoms with van der Waals surface area (Å²) in [6.07, 6.45) is 0. The van der Waals surface area contributed by atoms with E-state index in [1.54, 1.807) is 6.07 Å². The third-order valence-electron chi connectivity index (χ3n) is 2.70. The lowest BCUT2D eigenvalue weighted by Gasteiger charge is -2.06. The Kier molecular flexibility index (Phi) is 4.98. The summed E-state index contributed by atoms with van der Waals surface area (Å²) in [5, 5.41) is 9.46. The fourth-order valence-electron chi connectivity index (χ4n) is 1.70. The number of rotatable bonds is 4. The molecular formula is C14H9Cl2FO3S. The van der Waals surface area contributed by atoms with Crippen LogP contribution in [0.4, 0.5) is 4.39 Å². The van der Waals surface area contributed by atoms with E-state index in [2.05, 4.69) is 0 Å². The molecule has 2 aromatic carbocycles. The van der Waals surface area contributed by atoms with Crippen LogP contribution in [0, 0.1) is 5.82 Å². The lowest BCUT2D eigenvalue weighted by Crippen LogP contribution is -2.03. The highest BCUT2D eigenvalue weighted by molar-refractivity contribution is 7.84.